The molecule has 2 rings (SSSR count). The molecular formula is C13H18BrFN2. The Hall–Kier alpha value is -0.610. The number of halogens is 2. The van der Waals surface area contributed by atoms with E-state index in [4.69, 9.17) is 0 Å². The summed E-state index contributed by atoms with van der Waals surface area (Å²) in [7, 11) is 2.13. The van der Waals surface area contributed by atoms with E-state index in [0.29, 0.717) is 10.5 Å². The number of likely N-dealkylation sites (N-methyl/N-ethyl adjacent to an activating group) is 1. The predicted octanol–water partition coefficient (Wildman–Crippen LogP) is 3.40. The van der Waals surface area contributed by atoms with Crippen LogP contribution in [0.2, 0.25) is 0 Å². The maximum atomic E-state index is 13.5. The van der Waals surface area contributed by atoms with E-state index in [1.54, 1.807) is 6.07 Å². The molecule has 0 aromatic heterocycles. The van der Waals surface area contributed by atoms with Crippen molar-refractivity contribution in [1.29, 1.82) is 0 Å². The first-order chi connectivity index (χ1) is 8.06. The highest BCUT2D eigenvalue weighted by molar-refractivity contribution is 9.10. The second kappa shape index (κ2) is 5.36. The molecule has 94 valence electrons. The molecule has 0 amide bonds. The third kappa shape index (κ3) is 3.19. The number of hydrogen-bond acceptors (Lipinski definition) is 2. The second-order valence-electron chi connectivity index (χ2n) is 4.83. The van der Waals surface area contributed by atoms with Crippen LogP contribution in [0.5, 0.6) is 0 Å². The largest absolute Gasteiger partial charge is 0.381 e. The van der Waals surface area contributed by atoms with Crippen molar-refractivity contribution < 1.29 is 4.39 Å². The Balaban J connectivity index is 2.10. The van der Waals surface area contributed by atoms with Crippen LogP contribution in [0.4, 0.5) is 10.1 Å². The zero-order valence-electron chi connectivity index (χ0n) is 10.3. The number of anilines is 1. The number of hydrogen-bond donors (Lipinski definition) is 1. The van der Waals surface area contributed by atoms with Crippen molar-refractivity contribution in [3.05, 3.63) is 28.0 Å². The number of aryl methyl sites for hydroxylation is 1. The van der Waals surface area contributed by atoms with Gasteiger partial charge in [-0.15, -0.1) is 0 Å². The Kier molecular flexibility index (Phi) is 4.05. The SMILES string of the molecule is Cc1cc(Br)c(F)cc1NC1CCCN(C)C1. The molecule has 1 aliphatic heterocycles. The summed E-state index contributed by atoms with van der Waals surface area (Å²) in [6.45, 7) is 4.18. The molecular weight excluding hydrogens is 283 g/mol. The van der Waals surface area contributed by atoms with E-state index in [1.807, 2.05) is 13.0 Å². The quantitative estimate of drug-likeness (QED) is 0.900. The zero-order valence-corrected chi connectivity index (χ0v) is 11.8. The van der Waals surface area contributed by atoms with Gasteiger partial charge in [-0.3, -0.25) is 0 Å². The summed E-state index contributed by atoms with van der Waals surface area (Å²) in [6.07, 6.45) is 2.35. The van der Waals surface area contributed by atoms with Gasteiger partial charge >= 0.3 is 0 Å². The summed E-state index contributed by atoms with van der Waals surface area (Å²) in [5.41, 5.74) is 1.98. The second-order valence-corrected chi connectivity index (χ2v) is 5.68. The smallest absolute Gasteiger partial charge is 0.139 e. The lowest BCUT2D eigenvalue weighted by atomic mass is 10.1. The zero-order chi connectivity index (χ0) is 12.4. The summed E-state index contributed by atoms with van der Waals surface area (Å²) >= 11 is 3.20. The van der Waals surface area contributed by atoms with Gasteiger partial charge in [0.2, 0.25) is 0 Å². The summed E-state index contributed by atoms with van der Waals surface area (Å²) in [6, 6.07) is 3.83. The topological polar surface area (TPSA) is 15.3 Å². The van der Waals surface area contributed by atoms with Crippen molar-refractivity contribution in [2.75, 3.05) is 25.5 Å². The fourth-order valence-corrected chi connectivity index (χ4v) is 2.76. The normalized spacial score (nSPS) is 21.5. The maximum absolute atomic E-state index is 13.5. The molecule has 0 radical (unpaired) electrons. The number of rotatable bonds is 2. The van der Waals surface area contributed by atoms with E-state index in [9.17, 15) is 4.39 Å². The highest BCUT2D eigenvalue weighted by atomic mass is 79.9. The number of piperidine rings is 1. The number of nitrogens with one attached hydrogen (secondary N) is 1. The van der Waals surface area contributed by atoms with Gasteiger partial charge in [0.1, 0.15) is 5.82 Å². The number of likely N-dealkylation sites (tertiary alicyclic amines) is 1. The third-order valence-corrected chi connectivity index (χ3v) is 3.86. The molecule has 1 saturated heterocycles. The van der Waals surface area contributed by atoms with Crippen molar-refractivity contribution in [3.8, 4) is 0 Å². The Bertz CT molecular complexity index is 409. The van der Waals surface area contributed by atoms with Gasteiger partial charge in [0.05, 0.1) is 4.47 Å². The molecule has 0 spiro atoms. The fourth-order valence-electron chi connectivity index (χ4n) is 2.31. The van der Waals surface area contributed by atoms with Crippen LogP contribution in [0, 0.1) is 12.7 Å². The fraction of sp³-hybridized carbons (Fsp3) is 0.538. The summed E-state index contributed by atoms with van der Waals surface area (Å²) < 4.78 is 14.0. The minimum absolute atomic E-state index is 0.206. The van der Waals surface area contributed by atoms with E-state index >= 15 is 0 Å². The van der Waals surface area contributed by atoms with Crippen LogP contribution in [0.25, 0.3) is 0 Å². The molecule has 1 unspecified atom stereocenters. The molecule has 1 heterocycles. The van der Waals surface area contributed by atoms with E-state index in [2.05, 4.69) is 33.2 Å². The first-order valence-electron chi connectivity index (χ1n) is 5.97. The Labute approximate surface area is 110 Å². The van der Waals surface area contributed by atoms with Crippen LogP contribution in [0.1, 0.15) is 18.4 Å². The van der Waals surface area contributed by atoms with Gasteiger partial charge < -0.3 is 10.2 Å². The van der Waals surface area contributed by atoms with Gasteiger partial charge in [-0.05, 0) is 67.0 Å². The van der Waals surface area contributed by atoms with Crippen molar-refractivity contribution >= 4 is 21.6 Å². The van der Waals surface area contributed by atoms with Crippen LogP contribution >= 0.6 is 15.9 Å². The summed E-state index contributed by atoms with van der Waals surface area (Å²) in [5.74, 6) is -0.206. The molecule has 0 saturated carbocycles. The first kappa shape index (κ1) is 12.8. The number of benzene rings is 1. The van der Waals surface area contributed by atoms with Gasteiger partial charge in [0, 0.05) is 18.3 Å². The average Bonchev–Trinajstić information content (AvgIpc) is 2.26. The van der Waals surface area contributed by atoms with Gasteiger partial charge in [-0.25, -0.2) is 4.39 Å². The van der Waals surface area contributed by atoms with Gasteiger partial charge in [0.15, 0.2) is 0 Å². The van der Waals surface area contributed by atoms with E-state index in [-0.39, 0.29) is 5.82 Å². The minimum atomic E-state index is -0.206. The predicted molar refractivity (Wildman–Crippen MR) is 73.0 cm³/mol. The van der Waals surface area contributed by atoms with E-state index in [0.717, 1.165) is 30.8 Å². The van der Waals surface area contributed by atoms with Crippen LogP contribution < -0.4 is 5.32 Å². The van der Waals surface area contributed by atoms with Crippen molar-refractivity contribution in [1.82, 2.24) is 4.90 Å². The van der Waals surface area contributed by atoms with E-state index < -0.39 is 0 Å². The first-order valence-corrected chi connectivity index (χ1v) is 6.76. The Morgan fingerprint density at radius 3 is 2.94 bits per heavy atom. The molecule has 0 aliphatic carbocycles. The van der Waals surface area contributed by atoms with Gasteiger partial charge in [-0.1, -0.05) is 0 Å². The molecule has 1 atom stereocenters. The van der Waals surface area contributed by atoms with Crippen molar-refractivity contribution in [3.63, 3.8) is 0 Å². The lowest BCUT2D eigenvalue weighted by molar-refractivity contribution is 0.261. The molecule has 17 heavy (non-hydrogen) atoms. The molecule has 1 fully saturated rings. The Morgan fingerprint density at radius 1 is 1.47 bits per heavy atom. The monoisotopic (exact) mass is 300 g/mol. The lowest BCUT2D eigenvalue weighted by Gasteiger charge is -2.31. The van der Waals surface area contributed by atoms with Crippen LogP contribution in [0.3, 0.4) is 0 Å². The molecule has 1 aromatic carbocycles. The van der Waals surface area contributed by atoms with Gasteiger partial charge in [0.25, 0.3) is 0 Å². The van der Waals surface area contributed by atoms with Crippen LogP contribution in [0.15, 0.2) is 16.6 Å². The highest BCUT2D eigenvalue weighted by Gasteiger charge is 2.17. The van der Waals surface area contributed by atoms with Crippen molar-refractivity contribution in [2.24, 2.45) is 0 Å². The van der Waals surface area contributed by atoms with E-state index in [1.165, 1.54) is 6.42 Å². The summed E-state index contributed by atoms with van der Waals surface area (Å²) in [5, 5.41) is 3.45. The van der Waals surface area contributed by atoms with Gasteiger partial charge in [-0.2, -0.15) is 0 Å². The van der Waals surface area contributed by atoms with Crippen LogP contribution in [-0.2, 0) is 0 Å². The molecule has 2 nitrogen and oxygen atoms in total. The third-order valence-electron chi connectivity index (χ3n) is 3.25. The number of nitrogens with zero attached hydrogens (tertiary/aromatic N) is 1. The molecule has 1 N–H and O–H groups in total. The van der Waals surface area contributed by atoms with Crippen molar-refractivity contribution in [2.45, 2.75) is 25.8 Å². The Morgan fingerprint density at radius 2 is 2.24 bits per heavy atom. The minimum Gasteiger partial charge on any atom is -0.381 e. The standard InChI is InChI=1S/C13H18BrFN2/c1-9-6-11(14)12(15)7-13(9)16-10-4-3-5-17(2)8-10/h6-7,10,16H,3-5,8H2,1-2H3. The molecule has 1 aliphatic rings. The highest BCUT2D eigenvalue weighted by Crippen LogP contribution is 2.25. The molecule has 1 aromatic rings. The maximum Gasteiger partial charge on any atom is 0.139 e. The molecule has 4 heteroatoms. The average molecular weight is 301 g/mol. The lowest BCUT2D eigenvalue weighted by Crippen LogP contribution is -2.39. The van der Waals surface area contributed by atoms with Crippen LogP contribution in [-0.4, -0.2) is 31.1 Å². The summed E-state index contributed by atoms with van der Waals surface area (Å²) in [4.78, 5) is 2.31. The molecule has 0 bridgehead atoms.